The number of carbonyl (C=O) groups is 2. The van der Waals surface area contributed by atoms with Crippen LogP contribution in [0.2, 0.25) is 5.02 Å². The number of aromatic nitrogens is 2. The van der Waals surface area contributed by atoms with Crippen molar-refractivity contribution in [3.63, 3.8) is 0 Å². The molecule has 0 radical (unpaired) electrons. The molecule has 1 atom stereocenters. The number of halogens is 1. The van der Waals surface area contributed by atoms with Crippen LogP contribution in [0.15, 0.2) is 39.9 Å². The molecular formula is C20H24ClN3O5. The Morgan fingerprint density at radius 3 is 2.31 bits per heavy atom. The number of benzene rings is 1. The van der Waals surface area contributed by atoms with Crippen LogP contribution in [0.1, 0.15) is 36.3 Å². The third-order valence-electron chi connectivity index (χ3n) is 4.39. The normalized spacial score (nSPS) is 11.9. The summed E-state index contributed by atoms with van der Waals surface area (Å²) in [6.45, 7) is 3.57. The van der Waals surface area contributed by atoms with E-state index in [-0.39, 0.29) is 18.2 Å². The summed E-state index contributed by atoms with van der Waals surface area (Å²) in [5.41, 5.74) is -0.379. The maximum atomic E-state index is 12.6. The molecule has 9 heteroatoms. The first-order valence-electron chi connectivity index (χ1n) is 9.09. The second-order valence-electron chi connectivity index (χ2n) is 7.14. The van der Waals surface area contributed by atoms with E-state index in [1.807, 2.05) is 13.8 Å². The van der Waals surface area contributed by atoms with Crippen LogP contribution >= 0.6 is 11.6 Å². The standard InChI is InChI=1S/C20H24ClN3O5/c1-12(2)9-16(22-18(26)13-5-7-14(21)8-6-13)19(27)29-11-15-10-17(25)24(4)20(28)23(15)3/h5-8,10,12,16H,9,11H2,1-4H3,(H,22,26). The van der Waals surface area contributed by atoms with Gasteiger partial charge in [-0.05, 0) is 36.6 Å². The highest BCUT2D eigenvalue weighted by Crippen LogP contribution is 2.12. The molecule has 1 aromatic carbocycles. The van der Waals surface area contributed by atoms with Crippen LogP contribution in [-0.4, -0.2) is 27.1 Å². The number of hydrogen-bond acceptors (Lipinski definition) is 5. The fourth-order valence-corrected chi connectivity index (χ4v) is 2.82. The Balaban J connectivity index is 2.13. The van der Waals surface area contributed by atoms with Gasteiger partial charge in [0.1, 0.15) is 12.6 Å². The van der Waals surface area contributed by atoms with Gasteiger partial charge < -0.3 is 10.1 Å². The molecule has 1 unspecified atom stereocenters. The van der Waals surface area contributed by atoms with Gasteiger partial charge >= 0.3 is 11.7 Å². The molecule has 0 saturated carbocycles. The van der Waals surface area contributed by atoms with Crippen LogP contribution in [0.3, 0.4) is 0 Å². The monoisotopic (exact) mass is 421 g/mol. The quantitative estimate of drug-likeness (QED) is 0.685. The van der Waals surface area contributed by atoms with Crippen LogP contribution in [0.5, 0.6) is 0 Å². The molecule has 1 heterocycles. The van der Waals surface area contributed by atoms with Crippen LogP contribution in [-0.2, 0) is 30.2 Å². The average molecular weight is 422 g/mol. The lowest BCUT2D eigenvalue weighted by Crippen LogP contribution is -2.43. The Morgan fingerprint density at radius 2 is 1.72 bits per heavy atom. The Kier molecular flexibility index (Phi) is 7.39. The first kappa shape index (κ1) is 22.4. The lowest BCUT2D eigenvalue weighted by atomic mass is 10.0. The zero-order valence-electron chi connectivity index (χ0n) is 16.8. The molecule has 0 fully saturated rings. The first-order valence-corrected chi connectivity index (χ1v) is 9.47. The summed E-state index contributed by atoms with van der Waals surface area (Å²) < 4.78 is 7.49. The lowest BCUT2D eigenvalue weighted by molar-refractivity contribution is -0.147. The molecule has 1 aromatic heterocycles. The Hall–Kier alpha value is -2.87. The minimum atomic E-state index is -0.873. The first-order chi connectivity index (χ1) is 13.6. The Bertz CT molecular complexity index is 1010. The molecule has 2 aromatic rings. The summed E-state index contributed by atoms with van der Waals surface area (Å²) in [6.07, 6.45) is 0.369. The van der Waals surface area contributed by atoms with Crippen molar-refractivity contribution in [2.45, 2.75) is 32.9 Å². The largest absolute Gasteiger partial charge is 0.458 e. The summed E-state index contributed by atoms with van der Waals surface area (Å²) >= 11 is 5.83. The van der Waals surface area contributed by atoms with E-state index in [4.69, 9.17) is 16.3 Å². The van der Waals surface area contributed by atoms with E-state index in [1.165, 1.54) is 24.7 Å². The third kappa shape index (κ3) is 5.80. The van der Waals surface area contributed by atoms with Gasteiger partial charge in [0, 0.05) is 30.7 Å². The average Bonchev–Trinajstić information content (AvgIpc) is 2.67. The van der Waals surface area contributed by atoms with Gasteiger partial charge in [0.25, 0.3) is 11.5 Å². The van der Waals surface area contributed by atoms with Crippen molar-refractivity contribution in [3.8, 4) is 0 Å². The minimum Gasteiger partial charge on any atom is -0.458 e. The van der Waals surface area contributed by atoms with Gasteiger partial charge in [0.15, 0.2) is 0 Å². The molecule has 156 valence electrons. The van der Waals surface area contributed by atoms with E-state index in [0.717, 1.165) is 4.57 Å². The number of ether oxygens (including phenoxy) is 1. The predicted octanol–water partition coefficient (Wildman–Crippen LogP) is 1.63. The van der Waals surface area contributed by atoms with Gasteiger partial charge in [-0.2, -0.15) is 0 Å². The molecule has 0 saturated heterocycles. The van der Waals surface area contributed by atoms with Crippen LogP contribution in [0, 0.1) is 5.92 Å². The molecule has 1 amide bonds. The van der Waals surface area contributed by atoms with Crippen molar-refractivity contribution in [2.24, 2.45) is 20.0 Å². The maximum absolute atomic E-state index is 12.6. The fraction of sp³-hybridized carbons (Fsp3) is 0.400. The van der Waals surface area contributed by atoms with E-state index in [0.29, 0.717) is 17.0 Å². The van der Waals surface area contributed by atoms with Gasteiger partial charge in [-0.3, -0.25) is 18.7 Å². The zero-order valence-corrected chi connectivity index (χ0v) is 17.5. The molecular weight excluding hydrogens is 398 g/mol. The van der Waals surface area contributed by atoms with Gasteiger partial charge in [0.2, 0.25) is 0 Å². The van der Waals surface area contributed by atoms with E-state index in [2.05, 4.69) is 5.32 Å². The van der Waals surface area contributed by atoms with Gasteiger partial charge in [0.05, 0.1) is 5.69 Å². The number of nitrogens with one attached hydrogen (secondary N) is 1. The summed E-state index contributed by atoms with van der Waals surface area (Å²) in [5, 5.41) is 3.18. The highest BCUT2D eigenvalue weighted by atomic mass is 35.5. The van der Waals surface area contributed by atoms with Crippen LogP contribution in [0.4, 0.5) is 0 Å². The Labute approximate surface area is 173 Å². The molecule has 29 heavy (non-hydrogen) atoms. The molecule has 1 N–H and O–H groups in total. The second kappa shape index (κ2) is 9.56. The molecule has 0 aliphatic rings. The number of esters is 1. The van der Waals surface area contributed by atoms with E-state index in [9.17, 15) is 19.2 Å². The highest BCUT2D eigenvalue weighted by Gasteiger charge is 2.24. The number of nitrogens with zero attached hydrogens (tertiary/aromatic N) is 2. The minimum absolute atomic E-state index is 0.117. The summed E-state index contributed by atoms with van der Waals surface area (Å²) in [5.74, 6) is -0.953. The van der Waals surface area contributed by atoms with Crippen LogP contribution in [0.25, 0.3) is 0 Å². The third-order valence-corrected chi connectivity index (χ3v) is 4.64. The van der Waals surface area contributed by atoms with Crippen molar-refractivity contribution >= 4 is 23.5 Å². The number of rotatable bonds is 7. The van der Waals surface area contributed by atoms with E-state index in [1.54, 1.807) is 24.3 Å². The second-order valence-corrected chi connectivity index (χ2v) is 7.58. The molecule has 0 bridgehead atoms. The maximum Gasteiger partial charge on any atom is 0.330 e. The number of hydrogen-bond donors (Lipinski definition) is 1. The lowest BCUT2D eigenvalue weighted by Gasteiger charge is -2.20. The zero-order chi connectivity index (χ0) is 21.7. The van der Waals surface area contributed by atoms with Gasteiger partial charge in [-0.1, -0.05) is 25.4 Å². The topological polar surface area (TPSA) is 99.4 Å². The molecule has 0 aliphatic carbocycles. The molecule has 2 rings (SSSR count). The summed E-state index contributed by atoms with van der Waals surface area (Å²) in [7, 11) is 2.85. The SMILES string of the molecule is CC(C)CC(NC(=O)c1ccc(Cl)cc1)C(=O)OCc1cc(=O)n(C)c(=O)n1C. The van der Waals surface area contributed by atoms with Crippen molar-refractivity contribution in [1.29, 1.82) is 0 Å². The molecule has 8 nitrogen and oxygen atoms in total. The van der Waals surface area contributed by atoms with Crippen molar-refractivity contribution in [1.82, 2.24) is 14.5 Å². The van der Waals surface area contributed by atoms with Gasteiger partial charge in [-0.15, -0.1) is 0 Å². The molecule has 0 aliphatic heterocycles. The number of amides is 1. The van der Waals surface area contributed by atoms with Crippen molar-refractivity contribution in [2.75, 3.05) is 0 Å². The summed E-state index contributed by atoms with van der Waals surface area (Å²) in [4.78, 5) is 48.8. The van der Waals surface area contributed by atoms with Gasteiger partial charge in [-0.25, -0.2) is 9.59 Å². The number of carbonyl (C=O) groups excluding carboxylic acids is 2. The predicted molar refractivity (Wildman–Crippen MR) is 109 cm³/mol. The van der Waals surface area contributed by atoms with Crippen molar-refractivity contribution < 1.29 is 14.3 Å². The van der Waals surface area contributed by atoms with E-state index >= 15 is 0 Å². The smallest absolute Gasteiger partial charge is 0.330 e. The fourth-order valence-electron chi connectivity index (χ4n) is 2.69. The summed E-state index contributed by atoms with van der Waals surface area (Å²) in [6, 6.07) is 6.65. The van der Waals surface area contributed by atoms with Crippen LogP contribution < -0.4 is 16.6 Å². The van der Waals surface area contributed by atoms with Crippen molar-refractivity contribution in [3.05, 3.63) is 67.4 Å². The van der Waals surface area contributed by atoms with E-state index < -0.39 is 29.2 Å². The highest BCUT2D eigenvalue weighted by molar-refractivity contribution is 6.30. The molecule has 0 spiro atoms. The Morgan fingerprint density at radius 1 is 1.10 bits per heavy atom.